The van der Waals surface area contributed by atoms with Crippen LogP contribution in [-0.2, 0) is 40.2 Å². The van der Waals surface area contributed by atoms with E-state index in [0.717, 1.165) is 47.7 Å². The Morgan fingerprint density at radius 3 is 2.35 bits per heavy atom. The van der Waals surface area contributed by atoms with Gasteiger partial charge in [-0.15, -0.1) is 5.06 Å². The average molecular weight is 649 g/mol. The normalized spacial score (nSPS) is 19.5. The first-order chi connectivity index (χ1) is 21.7. The summed E-state index contributed by atoms with van der Waals surface area (Å²) in [6, 6.07) is 13.1. The molecule has 3 aliphatic heterocycles. The van der Waals surface area contributed by atoms with Crippen LogP contribution in [0.15, 0.2) is 71.3 Å². The molecule has 11 heteroatoms. The minimum atomic E-state index is -4.32. The number of anilines is 1. The van der Waals surface area contributed by atoms with Crippen molar-refractivity contribution in [2.45, 2.75) is 88.9 Å². The number of carbonyl (C=O) groups excluding carboxylic acids is 3. The molecule has 0 aromatic heterocycles. The Kier molecular flexibility index (Phi) is 9.12. The van der Waals surface area contributed by atoms with E-state index in [1.165, 1.54) is 11.6 Å². The summed E-state index contributed by atoms with van der Waals surface area (Å²) in [5.41, 5.74) is 5.55. The number of para-hydroxylation sites is 1. The molecule has 0 radical (unpaired) electrons. The van der Waals surface area contributed by atoms with Crippen molar-refractivity contribution >= 4 is 45.0 Å². The van der Waals surface area contributed by atoms with E-state index in [1.54, 1.807) is 12.1 Å². The van der Waals surface area contributed by atoms with Gasteiger partial charge in [-0.05, 0) is 63.5 Å². The number of nitrogens with zero attached hydrogens (tertiary/aromatic N) is 3. The predicted molar refractivity (Wildman–Crippen MR) is 174 cm³/mol. The monoisotopic (exact) mass is 648 g/mol. The molecule has 3 heterocycles. The zero-order valence-corrected chi connectivity index (χ0v) is 27.9. The maximum absolute atomic E-state index is 12.2. The zero-order valence-electron chi connectivity index (χ0n) is 27.1. The molecule has 5 rings (SSSR count). The average Bonchev–Trinajstić information content (AvgIpc) is 3.51. The SMILES string of the molecule is CCN1/C(=C/C=C/C2=[N+](CCCCCC(=O)ON3C(=O)CCC3=O)c3ccccc3C2(C)C)C(C)(C)c2cc(S(=O)(=O)O)ccc21. The number of hydrogen-bond donors (Lipinski definition) is 1. The third-order valence-electron chi connectivity index (χ3n) is 9.25. The maximum atomic E-state index is 12.2. The first-order valence-electron chi connectivity index (χ1n) is 15.8. The minimum Gasteiger partial charge on any atom is -0.344 e. The van der Waals surface area contributed by atoms with Crippen LogP contribution in [0, 0.1) is 0 Å². The molecule has 0 atom stereocenters. The van der Waals surface area contributed by atoms with Gasteiger partial charge in [-0.1, -0.05) is 38.1 Å². The third kappa shape index (κ3) is 6.18. The number of imide groups is 1. The second kappa shape index (κ2) is 12.6. The number of hydrogen-bond acceptors (Lipinski definition) is 7. The van der Waals surface area contributed by atoms with Crippen molar-refractivity contribution in [2.24, 2.45) is 0 Å². The van der Waals surface area contributed by atoms with Crippen LogP contribution in [0.4, 0.5) is 11.4 Å². The van der Waals surface area contributed by atoms with Crippen molar-refractivity contribution in [1.29, 1.82) is 0 Å². The summed E-state index contributed by atoms with van der Waals surface area (Å²) in [7, 11) is -4.32. The van der Waals surface area contributed by atoms with Gasteiger partial charge in [0.2, 0.25) is 5.69 Å². The van der Waals surface area contributed by atoms with E-state index in [-0.39, 0.29) is 29.6 Å². The fourth-order valence-corrected chi connectivity index (χ4v) is 7.30. The van der Waals surface area contributed by atoms with E-state index in [1.807, 2.05) is 12.1 Å². The van der Waals surface area contributed by atoms with Crippen LogP contribution in [0.2, 0.25) is 0 Å². The highest BCUT2D eigenvalue weighted by Crippen LogP contribution is 2.48. The lowest BCUT2D eigenvalue weighted by Gasteiger charge is -2.25. The zero-order chi connectivity index (χ0) is 33.4. The van der Waals surface area contributed by atoms with E-state index in [2.05, 4.69) is 74.5 Å². The van der Waals surface area contributed by atoms with E-state index >= 15 is 0 Å². The lowest BCUT2D eigenvalue weighted by atomic mass is 9.81. The third-order valence-corrected chi connectivity index (χ3v) is 10.1. The molecule has 2 amide bonds. The highest BCUT2D eigenvalue weighted by atomic mass is 32.2. The summed E-state index contributed by atoms with van der Waals surface area (Å²) >= 11 is 0. The quantitative estimate of drug-likeness (QED) is 0.142. The summed E-state index contributed by atoms with van der Waals surface area (Å²) in [4.78, 5) is 42.7. The van der Waals surface area contributed by atoms with Crippen molar-refractivity contribution in [3.05, 3.63) is 77.5 Å². The Morgan fingerprint density at radius 1 is 0.978 bits per heavy atom. The molecule has 0 aliphatic carbocycles. The Bertz CT molecular complexity index is 1770. The molecule has 0 saturated carbocycles. The summed E-state index contributed by atoms with van der Waals surface area (Å²) in [6.45, 7) is 12.0. The van der Waals surface area contributed by atoms with Gasteiger partial charge in [0.05, 0.1) is 10.3 Å². The fraction of sp³-hybridized carbons (Fsp3) is 0.429. The van der Waals surface area contributed by atoms with E-state index in [9.17, 15) is 27.4 Å². The predicted octanol–water partition coefficient (Wildman–Crippen LogP) is 5.73. The van der Waals surface area contributed by atoms with Gasteiger partial charge < -0.3 is 9.74 Å². The van der Waals surface area contributed by atoms with Gasteiger partial charge in [-0.25, -0.2) is 4.79 Å². The van der Waals surface area contributed by atoms with Crippen LogP contribution in [0.25, 0.3) is 0 Å². The number of unbranched alkanes of at least 4 members (excludes halogenated alkanes) is 2. The maximum Gasteiger partial charge on any atom is 0.333 e. The molecule has 0 unspecified atom stereocenters. The summed E-state index contributed by atoms with van der Waals surface area (Å²) < 4.78 is 35.7. The molecule has 10 nitrogen and oxygen atoms in total. The minimum absolute atomic E-state index is 0.0737. The van der Waals surface area contributed by atoms with Crippen molar-refractivity contribution in [2.75, 3.05) is 18.0 Å². The highest BCUT2D eigenvalue weighted by Gasteiger charge is 2.44. The molecule has 1 N–H and O–H groups in total. The van der Waals surface area contributed by atoms with Gasteiger partial charge in [0.1, 0.15) is 6.54 Å². The topological polar surface area (TPSA) is 124 Å². The van der Waals surface area contributed by atoms with Crippen LogP contribution in [0.5, 0.6) is 0 Å². The molecule has 1 fully saturated rings. The summed E-state index contributed by atoms with van der Waals surface area (Å²) in [5, 5.41) is 0.594. The highest BCUT2D eigenvalue weighted by molar-refractivity contribution is 7.85. The second-order valence-corrected chi connectivity index (χ2v) is 14.4. The van der Waals surface area contributed by atoms with Crippen molar-refractivity contribution < 1.29 is 36.8 Å². The summed E-state index contributed by atoms with van der Waals surface area (Å²) in [6.07, 6.45) is 8.72. The van der Waals surface area contributed by atoms with Gasteiger partial charge in [0, 0.05) is 66.7 Å². The molecule has 3 aliphatic rings. The molecule has 244 valence electrons. The number of amides is 2. The van der Waals surface area contributed by atoms with Crippen LogP contribution in [0.1, 0.15) is 84.3 Å². The number of rotatable bonds is 11. The van der Waals surface area contributed by atoms with Gasteiger partial charge in [0.25, 0.3) is 21.9 Å². The number of fused-ring (bicyclic) bond motifs is 2. The van der Waals surface area contributed by atoms with Gasteiger partial charge >= 0.3 is 5.97 Å². The number of allylic oxidation sites excluding steroid dienone is 4. The lowest BCUT2D eigenvalue weighted by Crippen LogP contribution is -2.31. The number of hydroxylamine groups is 2. The molecular weight excluding hydrogens is 606 g/mol. The molecule has 1 saturated heterocycles. The lowest BCUT2D eigenvalue weighted by molar-refractivity contribution is -0.438. The molecule has 0 bridgehead atoms. The number of carbonyl (C=O) groups is 3. The van der Waals surface area contributed by atoms with Crippen LogP contribution >= 0.6 is 0 Å². The Hall–Kier alpha value is -4.09. The summed E-state index contributed by atoms with van der Waals surface area (Å²) in [5.74, 6) is -1.53. The fourth-order valence-electron chi connectivity index (χ4n) is 6.79. The number of benzene rings is 2. The molecular formula is C35H42N3O7S+. The van der Waals surface area contributed by atoms with E-state index in [0.29, 0.717) is 18.0 Å². The Labute approximate surface area is 270 Å². The van der Waals surface area contributed by atoms with Crippen molar-refractivity contribution in [1.82, 2.24) is 5.06 Å². The molecule has 0 spiro atoms. The van der Waals surface area contributed by atoms with E-state index < -0.39 is 33.3 Å². The Morgan fingerprint density at radius 2 is 1.67 bits per heavy atom. The molecule has 2 aromatic carbocycles. The van der Waals surface area contributed by atoms with Crippen LogP contribution in [0.3, 0.4) is 0 Å². The smallest absolute Gasteiger partial charge is 0.333 e. The first kappa shape index (κ1) is 33.3. The van der Waals surface area contributed by atoms with Crippen molar-refractivity contribution in [3.63, 3.8) is 0 Å². The van der Waals surface area contributed by atoms with Crippen molar-refractivity contribution in [3.8, 4) is 0 Å². The van der Waals surface area contributed by atoms with Crippen LogP contribution in [-0.4, -0.2) is 59.2 Å². The first-order valence-corrected chi connectivity index (χ1v) is 17.2. The standard InChI is InChI=1S/C35H41N3O7S/c1-6-36-28-19-18-24(46(42,43)44)23-26(28)35(4,5)29(36)15-12-16-30-34(2,3)25-13-9-10-14-27(25)37(30)22-11-7-8-17-33(41)45-38-31(39)20-21-32(38)40/h9-10,12-16,18-19,23H,6-8,11,17,20-22H2,1-5H3/p+1. The van der Waals surface area contributed by atoms with Crippen LogP contribution < -0.4 is 4.90 Å². The Balaban J connectivity index is 1.34. The largest absolute Gasteiger partial charge is 0.344 e. The molecule has 46 heavy (non-hydrogen) atoms. The van der Waals surface area contributed by atoms with E-state index in [4.69, 9.17) is 4.84 Å². The number of likely N-dealkylation sites (N-methyl/N-ethyl adjacent to an activating group) is 1. The van der Waals surface area contributed by atoms with Gasteiger partial charge in [-0.2, -0.15) is 13.0 Å². The second-order valence-electron chi connectivity index (χ2n) is 13.0. The van der Waals surface area contributed by atoms with Gasteiger partial charge in [-0.3, -0.25) is 14.1 Å². The molecule has 2 aromatic rings. The van der Waals surface area contributed by atoms with Gasteiger partial charge in [0.15, 0.2) is 5.71 Å².